The van der Waals surface area contributed by atoms with Gasteiger partial charge >= 0.3 is 206 Å². The SMILES string of the molecule is O=P([O-])([O-])OCCOCC(O)COCCOP(=O)([O-])[O-].[K+].[K+].[K+].[K+]. The molecule has 0 aromatic carbocycles. The molecule has 0 fully saturated rings. The second-order valence-corrected chi connectivity index (χ2v) is 5.67. The fourth-order valence-corrected chi connectivity index (χ4v) is 1.50. The molecule has 0 rings (SSSR count). The van der Waals surface area contributed by atoms with Crippen molar-refractivity contribution < 1.29 is 258 Å². The van der Waals surface area contributed by atoms with Gasteiger partial charge in [-0.2, -0.15) is 0 Å². The number of aliphatic hydroxyl groups is 1. The minimum absolute atomic E-state index is 0. The van der Waals surface area contributed by atoms with Crippen LogP contribution in [-0.2, 0) is 27.7 Å². The minimum atomic E-state index is -5.02. The molecule has 0 radical (unpaired) electrons. The van der Waals surface area contributed by atoms with E-state index in [0.717, 1.165) is 0 Å². The van der Waals surface area contributed by atoms with Crippen LogP contribution >= 0.6 is 15.6 Å². The number of rotatable bonds is 12. The predicted octanol–water partition coefficient (Wildman–Crippen LogP) is -15.9. The van der Waals surface area contributed by atoms with Crippen molar-refractivity contribution in [2.75, 3.05) is 39.6 Å². The van der Waals surface area contributed by atoms with E-state index in [1.165, 1.54) is 0 Å². The van der Waals surface area contributed by atoms with Gasteiger partial charge in [-0.3, -0.25) is 0 Å². The molecule has 0 aromatic heterocycles. The van der Waals surface area contributed by atoms with Crippen molar-refractivity contribution >= 4 is 15.6 Å². The summed E-state index contributed by atoms with van der Waals surface area (Å²) in [6, 6.07) is 0. The van der Waals surface area contributed by atoms with E-state index < -0.39 is 35.0 Å². The Bertz CT molecular complexity index is 319. The van der Waals surface area contributed by atoms with Crippen LogP contribution in [0.2, 0.25) is 0 Å². The molecule has 0 unspecified atom stereocenters. The fourth-order valence-electron chi connectivity index (χ4n) is 0.903. The van der Waals surface area contributed by atoms with Gasteiger partial charge in [-0.25, -0.2) is 0 Å². The number of phosphoric acid groups is 2. The molecular weight excluding hydrogens is 478 g/mol. The molecule has 24 heavy (non-hydrogen) atoms. The quantitative estimate of drug-likeness (QED) is 0.155. The summed E-state index contributed by atoms with van der Waals surface area (Å²) < 4.78 is 37.4. The summed E-state index contributed by atoms with van der Waals surface area (Å²) in [6.07, 6.45) is -1.06. The Hall–Kier alpha value is 6.65. The second-order valence-electron chi connectivity index (χ2n) is 3.36. The average molecular weight is 493 g/mol. The second kappa shape index (κ2) is 24.3. The van der Waals surface area contributed by atoms with Crippen LogP contribution in [0.25, 0.3) is 0 Å². The van der Waals surface area contributed by atoms with Crippen molar-refractivity contribution in [3.63, 3.8) is 0 Å². The minimum Gasteiger partial charge on any atom is -0.790 e. The molecule has 0 heterocycles. The summed E-state index contributed by atoms with van der Waals surface area (Å²) in [4.78, 5) is 40.2. The van der Waals surface area contributed by atoms with Gasteiger partial charge in [-0.1, -0.05) is 0 Å². The van der Waals surface area contributed by atoms with Crippen LogP contribution in [-0.4, -0.2) is 50.9 Å². The van der Waals surface area contributed by atoms with Crippen LogP contribution in [0.5, 0.6) is 0 Å². The summed E-state index contributed by atoms with van der Waals surface area (Å²) in [5, 5.41) is 9.28. The molecular formula is C7H14K4O11P2. The maximum Gasteiger partial charge on any atom is 1.00 e. The van der Waals surface area contributed by atoms with Crippen LogP contribution in [0.4, 0.5) is 0 Å². The molecule has 0 aliphatic rings. The molecule has 0 aromatic rings. The van der Waals surface area contributed by atoms with Gasteiger partial charge in [0.25, 0.3) is 0 Å². The van der Waals surface area contributed by atoms with E-state index in [-0.39, 0.29) is 232 Å². The van der Waals surface area contributed by atoms with Crippen molar-refractivity contribution in [1.29, 1.82) is 0 Å². The number of hydrogen-bond donors (Lipinski definition) is 1. The van der Waals surface area contributed by atoms with Crippen molar-refractivity contribution in [1.82, 2.24) is 0 Å². The topological polar surface area (TPSA) is 184 Å². The molecule has 1 N–H and O–H groups in total. The van der Waals surface area contributed by atoms with E-state index >= 15 is 0 Å². The molecule has 11 nitrogen and oxygen atoms in total. The summed E-state index contributed by atoms with van der Waals surface area (Å²) in [6.45, 7) is -1.79. The maximum atomic E-state index is 10.1. The van der Waals surface area contributed by atoms with Crippen molar-refractivity contribution in [3.05, 3.63) is 0 Å². The van der Waals surface area contributed by atoms with Gasteiger partial charge in [0.2, 0.25) is 0 Å². The van der Waals surface area contributed by atoms with E-state index in [4.69, 9.17) is 9.47 Å². The van der Waals surface area contributed by atoms with Crippen molar-refractivity contribution in [3.8, 4) is 0 Å². The molecule has 0 aliphatic carbocycles. The smallest absolute Gasteiger partial charge is 0.790 e. The normalized spacial score (nSPS) is 10.9. The van der Waals surface area contributed by atoms with E-state index in [2.05, 4.69) is 9.05 Å². The zero-order valence-corrected chi connectivity index (χ0v) is 28.5. The number of ether oxygens (including phenoxy) is 2. The summed E-state index contributed by atoms with van der Waals surface area (Å²) >= 11 is 0. The molecule has 0 bridgehead atoms. The van der Waals surface area contributed by atoms with Crippen LogP contribution in [0.3, 0.4) is 0 Å². The Labute approximate surface area is 310 Å². The summed E-state index contributed by atoms with van der Waals surface area (Å²) in [5.41, 5.74) is 0. The maximum absolute atomic E-state index is 10.1. The van der Waals surface area contributed by atoms with Gasteiger partial charge in [0.05, 0.1) is 55.3 Å². The van der Waals surface area contributed by atoms with Gasteiger partial charge in [0.15, 0.2) is 0 Å². The van der Waals surface area contributed by atoms with E-state index in [9.17, 15) is 33.8 Å². The molecule has 0 atom stereocenters. The largest absolute Gasteiger partial charge is 1.00 e. The first-order chi connectivity index (χ1) is 9.10. The van der Waals surface area contributed by atoms with Gasteiger partial charge in [0, 0.05) is 0 Å². The third kappa shape index (κ3) is 36.0. The average Bonchev–Trinajstić information content (AvgIpc) is 2.25. The number of phosphoric ester groups is 2. The van der Waals surface area contributed by atoms with Crippen LogP contribution in [0.15, 0.2) is 0 Å². The van der Waals surface area contributed by atoms with E-state index in [1.807, 2.05) is 0 Å². The van der Waals surface area contributed by atoms with Crippen molar-refractivity contribution in [2.45, 2.75) is 6.10 Å². The Kier molecular flexibility index (Phi) is 41.4. The number of hydrogen-bond acceptors (Lipinski definition) is 11. The third-order valence-electron chi connectivity index (χ3n) is 1.57. The first-order valence-electron chi connectivity index (χ1n) is 5.27. The van der Waals surface area contributed by atoms with Crippen molar-refractivity contribution in [2.24, 2.45) is 0 Å². The summed E-state index contributed by atoms with van der Waals surface area (Å²) in [7, 11) is -10.0. The van der Waals surface area contributed by atoms with Gasteiger partial charge in [-0.15, -0.1) is 0 Å². The molecule has 0 aliphatic heterocycles. The zero-order valence-electron chi connectivity index (χ0n) is 14.2. The molecule has 122 valence electrons. The first-order valence-corrected chi connectivity index (χ1v) is 8.19. The van der Waals surface area contributed by atoms with Crippen LogP contribution < -0.4 is 225 Å². The van der Waals surface area contributed by atoms with E-state index in [0.29, 0.717) is 0 Å². The Balaban J connectivity index is -0.000000301. The zero-order chi connectivity index (χ0) is 15.6. The van der Waals surface area contributed by atoms with Crippen LogP contribution in [0.1, 0.15) is 0 Å². The Morgan fingerprint density at radius 1 is 0.708 bits per heavy atom. The molecule has 0 amide bonds. The fraction of sp³-hybridized carbons (Fsp3) is 1.00. The predicted molar refractivity (Wildman–Crippen MR) is 54.8 cm³/mol. The molecule has 0 saturated carbocycles. The van der Waals surface area contributed by atoms with Gasteiger partial charge in [-0.05, 0) is 0 Å². The molecule has 17 heteroatoms. The third-order valence-corrected chi connectivity index (χ3v) is 2.57. The Morgan fingerprint density at radius 3 is 1.25 bits per heavy atom. The van der Waals surface area contributed by atoms with E-state index in [1.54, 1.807) is 0 Å². The standard InChI is InChI=1S/C7H18O11P2.4K/c8-7(5-15-1-3-17-19(9,10)11)6-16-2-4-18-20(12,13)14;;;;/h7-8H,1-6H2,(H2,9,10,11)(H2,12,13,14);;;;/q;4*+1/p-4. The molecule has 0 saturated heterocycles. The first kappa shape index (κ1) is 41.0. The van der Waals surface area contributed by atoms with Gasteiger partial charge in [0.1, 0.15) is 6.10 Å². The van der Waals surface area contributed by atoms with Gasteiger partial charge < -0.3 is 52.3 Å². The summed E-state index contributed by atoms with van der Waals surface area (Å²) in [5.74, 6) is 0. The number of aliphatic hydroxyl groups excluding tert-OH is 1. The monoisotopic (exact) mass is 492 g/mol. The molecule has 0 spiro atoms. The Morgan fingerprint density at radius 2 is 1.00 bits per heavy atom. The van der Waals surface area contributed by atoms with Crippen LogP contribution in [0, 0.1) is 0 Å².